The molecule has 0 saturated heterocycles. The van der Waals surface area contributed by atoms with Crippen LogP contribution in [0.2, 0.25) is 0 Å². The van der Waals surface area contributed by atoms with Crippen LogP contribution in [0.4, 0.5) is 17.1 Å². The number of fused-ring (bicyclic) bond motifs is 11. The number of aromatic nitrogens is 1. The maximum atomic E-state index is 6.73. The van der Waals surface area contributed by atoms with Gasteiger partial charge in [-0.25, -0.2) is 4.98 Å². The SMILES string of the molecule is c1ccc(-c2nc3c(ccc4oc5c(N(c6ccc7c(c6)oc6ccccc67)c6ccc7c(c6)oc6ccccc67)cccc5c43)o2)cc1. The molecule has 0 unspecified atom stereocenters. The number of anilines is 3. The zero-order chi connectivity index (χ0) is 32.1. The van der Waals surface area contributed by atoms with Crippen LogP contribution >= 0.6 is 0 Å². The highest BCUT2D eigenvalue weighted by molar-refractivity contribution is 6.19. The second-order valence-corrected chi connectivity index (χ2v) is 12.3. The Kier molecular flexibility index (Phi) is 5.29. The Morgan fingerprint density at radius 2 is 1.00 bits per heavy atom. The highest BCUT2D eigenvalue weighted by Gasteiger charge is 2.23. The molecule has 0 aliphatic heterocycles. The first kappa shape index (κ1) is 26.3. The van der Waals surface area contributed by atoms with E-state index in [1.807, 2.05) is 78.9 Å². The summed E-state index contributed by atoms with van der Waals surface area (Å²) in [6, 6.07) is 49.1. The Labute approximate surface area is 278 Å². The maximum absolute atomic E-state index is 6.73. The van der Waals surface area contributed by atoms with Crippen molar-refractivity contribution in [3.8, 4) is 11.5 Å². The van der Waals surface area contributed by atoms with Crippen molar-refractivity contribution >= 4 is 94.0 Å². The Morgan fingerprint density at radius 1 is 0.408 bits per heavy atom. The summed E-state index contributed by atoms with van der Waals surface area (Å²) in [6.45, 7) is 0. The lowest BCUT2D eigenvalue weighted by molar-refractivity contribution is 0.619. The molecule has 4 aromatic heterocycles. The quantitative estimate of drug-likeness (QED) is 0.192. The topological polar surface area (TPSA) is 68.7 Å². The molecule has 0 amide bonds. The first-order chi connectivity index (χ1) is 24.3. The molecule has 11 rings (SSSR count). The summed E-state index contributed by atoms with van der Waals surface area (Å²) in [4.78, 5) is 7.18. The van der Waals surface area contributed by atoms with Gasteiger partial charge in [-0.05, 0) is 66.7 Å². The zero-order valence-electron chi connectivity index (χ0n) is 25.9. The van der Waals surface area contributed by atoms with E-state index in [-0.39, 0.29) is 0 Å². The third-order valence-electron chi connectivity index (χ3n) is 9.50. The van der Waals surface area contributed by atoms with Crippen molar-refractivity contribution in [3.05, 3.63) is 146 Å². The summed E-state index contributed by atoms with van der Waals surface area (Å²) < 4.78 is 25.7. The summed E-state index contributed by atoms with van der Waals surface area (Å²) in [7, 11) is 0. The molecule has 230 valence electrons. The molecule has 0 aliphatic carbocycles. The fourth-order valence-electron chi connectivity index (χ4n) is 7.27. The summed E-state index contributed by atoms with van der Waals surface area (Å²) in [5.74, 6) is 0.577. The minimum atomic E-state index is 0.577. The summed E-state index contributed by atoms with van der Waals surface area (Å²) in [6.07, 6.45) is 0. The van der Waals surface area contributed by atoms with Gasteiger partial charge in [0.2, 0.25) is 5.89 Å². The van der Waals surface area contributed by atoms with Crippen LogP contribution in [0.5, 0.6) is 0 Å². The number of para-hydroxylation sites is 3. The van der Waals surface area contributed by atoms with Crippen LogP contribution in [-0.4, -0.2) is 4.98 Å². The average molecular weight is 633 g/mol. The molecule has 0 radical (unpaired) electrons. The third kappa shape index (κ3) is 3.85. The minimum absolute atomic E-state index is 0.577. The molecule has 6 nitrogen and oxygen atoms in total. The third-order valence-corrected chi connectivity index (χ3v) is 9.50. The Bertz CT molecular complexity index is 2960. The highest BCUT2D eigenvalue weighted by atomic mass is 16.4. The normalized spacial score (nSPS) is 12.1. The van der Waals surface area contributed by atoms with Crippen LogP contribution in [0.1, 0.15) is 0 Å². The van der Waals surface area contributed by atoms with E-state index in [1.54, 1.807) is 0 Å². The van der Waals surface area contributed by atoms with Gasteiger partial charge < -0.3 is 22.6 Å². The van der Waals surface area contributed by atoms with Crippen LogP contribution in [0.3, 0.4) is 0 Å². The van der Waals surface area contributed by atoms with Gasteiger partial charge >= 0.3 is 0 Å². The molecule has 11 aromatic rings. The van der Waals surface area contributed by atoms with Crippen LogP contribution < -0.4 is 4.90 Å². The molecule has 0 bridgehead atoms. The van der Waals surface area contributed by atoms with Crippen molar-refractivity contribution in [2.24, 2.45) is 0 Å². The van der Waals surface area contributed by atoms with Gasteiger partial charge in [-0.2, -0.15) is 0 Å². The first-order valence-corrected chi connectivity index (χ1v) is 16.2. The molecule has 0 saturated carbocycles. The van der Waals surface area contributed by atoms with E-state index in [0.29, 0.717) is 11.5 Å². The van der Waals surface area contributed by atoms with E-state index in [4.69, 9.17) is 22.7 Å². The second kappa shape index (κ2) is 9.86. The maximum Gasteiger partial charge on any atom is 0.227 e. The van der Waals surface area contributed by atoms with Gasteiger partial charge in [0.15, 0.2) is 11.2 Å². The number of rotatable bonds is 4. The van der Waals surface area contributed by atoms with E-state index < -0.39 is 0 Å². The molecule has 0 atom stereocenters. The molecule has 0 N–H and O–H groups in total. The van der Waals surface area contributed by atoms with E-state index in [9.17, 15) is 0 Å². The first-order valence-electron chi connectivity index (χ1n) is 16.2. The van der Waals surface area contributed by atoms with Crippen molar-refractivity contribution in [1.29, 1.82) is 0 Å². The lowest BCUT2D eigenvalue weighted by atomic mass is 10.1. The summed E-state index contributed by atoms with van der Waals surface area (Å²) >= 11 is 0. The molecular formula is C43H24N2O4. The van der Waals surface area contributed by atoms with Gasteiger partial charge in [0, 0.05) is 44.6 Å². The number of hydrogen-bond acceptors (Lipinski definition) is 6. The molecule has 6 heteroatoms. The number of hydrogen-bond donors (Lipinski definition) is 0. The molecule has 7 aromatic carbocycles. The van der Waals surface area contributed by atoms with Crippen LogP contribution in [0.25, 0.3) is 88.4 Å². The van der Waals surface area contributed by atoms with Gasteiger partial charge in [-0.1, -0.05) is 66.7 Å². The van der Waals surface area contributed by atoms with Crippen LogP contribution in [0.15, 0.2) is 163 Å². The predicted molar refractivity (Wildman–Crippen MR) is 196 cm³/mol. The summed E-state index contributed by atoms with van der Waals surface area (Å²) in [5.41, 5.74) is 9.94. The lowest BCUT2D eigenvalue weighted by Crippen LogP contribution is -2.10. The molecule has 0 aliphatic rings. The zero-order valence-corrected chi connectivity index (χ0v) is 25.9. The number of nitrogens with zero attached hydrogens (tertiary/aromatic N) is 2. The standard InChI is InChI=1S/C43H24N2O4/c1-2-9-25(10-3-1)43-44-41-37(49-43)22-21-36-40(41)32-13-8-14-33(42(32)48-36)45(26-17-19-30-28-11-4-6-15-34(28)46-38(30)23-26)27-18-20-31-29-12-5-7-16-35(29)47-39(31)24-27/h1-24H. The van der Waals surface area contributed by atoms with Gasteiger partial charge in [0.05, 0.1) is 22.4 Å². The van der Waals surface area contributed by atoms with Crippen molar-refractivity contribution < 1.29 is 17.7 Å². The number of benzene rings is 7. The van der Waals surface area contributed by atoms with E-state index in [1.165, 1.54) is 0 Å². The lowest BCUT2D eigenvalue weighted by Gasteiger charge is -2.25. The van der Waals surface area contributed by atoms with E-state index in [2.05, 4.69) is 71.6 Å². The van der Waals surface area contributed by atoms with Crippen LogP contribution in [0, 0.1) is 0 Å². The van der Waals surface area contributed by atoms with Gasteiger partial charge in [0.25, 0.3) is 0 Å². The van der Waals surface area contributed by atoms with Crippen molar-refractivity contribution in [1.82, 2.24) is 4.98 Å². The van der Waals surface area contributed by atoms with Gasteiger partial charge in [-0.3, -0.25) is 0 Å². The largest absolute Gasteiger partial charge is 0.456 e. The Morgan fingerprint density at radius 3 is 1.69 bits per heavy atom. The Hall–Kier alpha value is -6.79. The molecule has 49 heavy (non-hydrogen) atoms. The fourth-order valence-corrected chi connectivity index (χ4v) is 7.27. The fraction of sp³-hybridized carbons (Fsp3) is 0. The van der Waals surface area contributed by atoms with Gasteiger partial charge in [-0.15, -0.1) is 0 Å². The van der Waals surface area contributed by atoms with E-state index in [0.717, 1.165) is 94.0 Å². The van der Waals surface area contributed by atoms with Crippen molar-refractivity contribution in [2.45, 2.75) is 0 Å². The smallest absolute Gasteiger partial charge is 0.227 e. The molecule has 0 fully saturated rings. The van der Waals surface area contributed by atoms with Crippen molar-refractivity contribution in [2.75, 3.05) is 4.90 Å². The Balaban J connectivity index is 1.17. The average Bonchev–Trinajstić information content (AvgIpc) is 3.93. The monoisotopic (exact) mass is 632 g/mol. The number of furan rings is 3. The number of oxazole rings is 1. The van der Waals surface area contributed by atoms with Crippen LogP contribution in [-0.2, 0) is 0 Å². The molecular weight excluding hydrogens is 608 g/mol. The molecule has 4 heterocycles. The van der Waals surface area contributed by atoms with E-state index >= 15 is 0 Å². The van der Waals surface area contributed by atoms with Crippen molar-refractivity contribution in [3.63, 3.8) is 0 Å². The van der Waals surface area contributed by atoms with Gasteiger partial charge in [0.1, 0.15) is 33.4 Å². The highest BCUT2D eigenvalue weighted by Crippen LogP contribution is 2.46. The predicted octanol–water partition coefficient (Wildman–Crippen LogP) is 12.7. The minimum Gasteiger partial charge on any atom is -0.456 e. The second-order valence-electron chi connectivity index (χ2n) is 12.3. The summed E-state index contributed by atoms with van der Waals surface area (Å²) in [5, 5.41) is 6.18. The molecule has 0 spiro atoms.